The van der Waals surface area contributed by atoms with Crippen LogP contribution in [-0.2, 0) is 24.2 Å². The van der Waals surface area contributed by atoms with Crippen molar-refractivity contribution in [3.8, 4) is 0 Å². The molecule has 2 heterocycles. The molecule has 2 aromatic rings. The first-order chi connectivity index (χ1) is 12.6. The van der Waals surface area contributed by atoms with Gasteiger partial charge in [0.05, 0.1) is 11.7 Å². The van der Waals surface area contributed by atoms with Crippen molar-refractivity contribution in [1.29, 1.82) is 0 Å². The van der Waals surface area contributed by atoms with E-state index in [-0.39, 0.29) is 18.0 Å². The van der Waals surface area contributed by atoms with Crippen molar-refractivity contribution in [2.45, 2.75) is 76.8 Å². The predicted molar refractivity (Wildman–Crippen MR) is 105 cm³/mol. The van der Waals surface area contributed by atoms with Crippen molar-refractivity contribution in [2.24, 2.45) is 0 Å². The van der Waals surface area contributed by atoms with Gasteiger partial charge in [0.2, 0.25) is 5.91 Å². The molecule has 0 spiro atoms. The maximum atomic E-state index is 13.1. The van der Waals surface area contributed by atoms with Crippen LogP contribution in [0, 0.1) is 0 Å². The molecular weight excluding hydrogens is 346 g/mol. The fourth-order valence-corrected chi connectivity index (χ4v) is 5.62. The molecule has 140 valence electrons. The van der Waals surface area contributed by atoms with Crippen LogP contribution in [0.4, 0.5) is 0 Å². The van der Waals surface area contributed by atoms with E-state index in [1.165, 1.54) is 47.1 Å². The third-order valence-corrected chi connectivity index (χ3v) is 7.21. The van der Waals surface area contributed by atoms with E-state index < -0.39 is 0 Å². The van der Waals surface area contributed by atoms with Crippen molar-refractivity contribution < 1.29 is 4.79 Å². The molecule has 6 heteroatoms. The molecule has 0 saturated heterocycles. The van der Waals surface area contributed by atoms with Gasteiger partial charge in [-0.15, -0.1) is 11.3 Å². The van der Waals surface area contributed by atoms with Crippen LogP contribution in [0.1, 0.15) is 61.8 Å². The molecule has 0 bridgehead atoms. The summed E-state index contributed by atoms with van der Waals surface area (Å²) in [7, 11) is 1.88. The number of hydrogen-bond donors (Lipinski definition) is 0. The molecule has 1 fully saturated rings. The Balaban J connectivity index is 1.60. The quantitative estimate of drug-likeness (QED) is 0.774. The summed E-state index contributed by atoms with van der Waals surface area (Å²) in [4.78, 5) is 34.3. The summed E-state index contributed by atoms with van der Waals surface area (Å²) in [5, 5.41) is 0.766. The zero-order valence-corrected chi connectivity index (χ0v) is 16.3. The lowest BCUT2D eigenvalue weighted by atomic mass is 9.94. The molecule has 1 amide bonds. The van der Waals surface area contributed by atoms with Gasteiger partial charge in [-0.2, -0.15) is 0 Å². The predicted octanol–water partition coefficient (Wildman–Crippen LogP) is 3.52. The fourth-order valence-electron chi connectivity index (χ4n) is 4.40. The Hall–Kier alpha value is -1.69. The summed E-state index contributed by atoms with van der Waals surface area (Å²) in [6.45, 7) is 0.0966. The number of hydrogen-bond acceptors (Lipinski definition) is 4. The Labute approximate surface area is 158 Å². The van der Waals surface area contributed by atoms with Crippen LogP contribution in [0.25, 0.3) is 10.2 Å². The highest BCUT2D eigenvalue weighted by Gasteiger charge is 2.24. The molecule has 26 heavy (non-hydrogen) atoms. The highest BCUT2D eigenvalue weighted by molar-refractivity contribution is 7.18. The summed E-state index contributed by atoms with van der Waals surface area (Å²) in [5.41, 5.74) is 1.15. The molecule has 4 rings (SSSR count). The van der Waals surface area contributed by atoms with E-state index in [4.69, 9.17) is 0 Å². The van der Waals surface area contributed by atoms with Gasteiger partial charge in [0.15, 0.2) is 0 Å². The van der Waals surface area contributed by atoms with Gasteiger partial charge < -0.3 is 4.90 Å². The van der Waals surface area contributed by atoms with E-state index in [1.807, 2.05) is 11.9 Å². The molecule has 0 N–H and O–H groups in total. The molecule has 0 atom stereocenters. The monoisotopic (exact) mass is 373 g/mol. The van der Waals surface area contributed by atoms with Gasteiger partial charge in [-0.25, -0.2) is 4.98 Å². The Morgan fingerprint density at radius 2 is 1.92 bits per heavy atom. The Bertz CT molecular complexity index is 864. The zero-order valence-electron chi connectivity index (χ0n) is 15.5. The first-order valence-corrected chi connectivity index (χ1v) is 10.7. The van der Waals surface area contributed by atoms with Gasteiger partial charge in [-0.3, -0.25) is 14.2 Å². The van der Waals surface area contributed by atoms with Crippen molar-refractivity contribution >= 4 is 27.5 Å². The van der Waals surface area contributed by atoms with Gasteiger partial charge in [-0.1, -0.05) is 25.7 Å². The summed E-state index contributed by atoms with van der Waals surface area (Å²) < 4.78 is 1.52. The average Bonchev–Trinajstić information content (AvgIpc) is 2.86. The second-order valence-electron chi connectivity index (χ2n) is 7.72. The first kappa shape index (κ1) is 17.7. The highest BCUT2D eigenvalue weighted by Crippen LogP contribution is 2.32. The Morgan fingerprint density at radius 3 is 2.73 bits per heavy atom. The van der Waals surface area contributed by atoms with Crippen LogP contribution in [0.3, 0.4) is 0 Å². The molecular formula is C20H27N3O2S. The number of carbonyl (C=O) groups excluding carboxylic acids is 1. The van der Waals surface area contributed by atoms with Crippen molar-refractivity contribution in [2.75, 3.05) is 7.05 Å². The topological polar surface area (TPSA) is 55.2 Å². The highest BCUT2D eigenvalue weighted by atomic mass is 32.1. The van der Waals surface area contributed by atoms with Crippen LogP contribution in [0.2, 0.25) is 0 Å². The zero-order chi connectivity index (χ0) is 18.1. The molecule has 0 radical (unpaired) electrons. The molecule has 2 aromatic heterocycles. The van der Waals surface area contributed by atoms with Crippen molar-refractivity contribution in [3.63, 3.8) is 0 Å². The second-order valence-corrected chi connectivity index (χ2v) is 8.80. The van der Waals surface area contributed by atoms with Crippen molar-refractivity contribution in [1.82, 2.24) is 14.5 Å². The molecule has 1 saturated carbocycles. The largest absolute Gasteiger partial charge is 0.341 e. The number of aryl methyl sites for hydroxylation is 2. The number of fused-ring (bicyclic) bond motifs is 3. The third kappa shape index (κ3) is 3.31. The van der Waals surface area contributed by atoms with Crippen LogP contribution in [0.15, 0.2) is 11.1 Å². The van der Waals surface area contributed by atoms with Crippen LogP contribution < -0.4 is 5.56 Å². The Morgan fingerprint density at radius 1 is 1.19 bits per heavy atom. The molecule has 0 aliphatic heterocycles. The number of rotatable bonds is 3. The van der Waals surface area contributed by atoms with Crippen molar-refractivity contribution in [3.05, 3.63) is 27.1 Å². The minimum absolute atomic E-state index is 0.0152. The van der Waals surface area contributed by atoms with E-state index in [1.54, 1.807) is 17.7 Å². The van der Waals surface area contributed by atoms with E-state index in [0.29, 0.717) is 6.04 Å². The number of aromatic nitrogens is 2. The smallest absolute Gasteiger partial charge is 0.262 e. The molecule has 0 aromatic carbocycles. The van der Waals surface area contributed by atoms with E-state index in [9.17, 15) is 9.59 Å². The maximum Gasteiger partial charge on any atom is 0.262 e. The number of carbonyl (C=O) groups is 1. The van der Waals surface area contributed by atoms with Crippen LogP contribution in [0.5, 0.6) is 0 Å². The number of thiophene rings is 1. The standard InChI is InChI=1S/C20H27N3O2S/c1-22(14-8-4-2-5-9-14)17(24)12-23-13-21-19-18(20(23)25)15-10-6-3-7-11-16(15)26-19/h13-14H,2-12H2,1H3. The van der Waals surface area contributed by atoms with Gasteiger partial charge in [0.1, 0.15) is 11.4 Å². The van der Waals surface area contributed by atoms with Gasteiger partial charge in [-0.05, 0) is 44.1 Å². The van der Waals surface area contributed by atoms with Gasteiger partial charge in [0.25, 0.3) is 5.56 Å². The fraction of sp³-hybridized carbons (Fsp3) is 0.650. The maximum absolute atomic E-state index is 13.1. The van der Waals surface area contributed by atoms with Crippen LogP contribution >= 0.6 is 11.3 Å². The molecule has 0 unspecified atom stereocenters. The van der Waals surface area contributed by atoms with Gasteiger partial charge in [0, 0.05) is 18.0 Å². The summed E-state index contributed by atoms with van der Waals surface area (Å²) in [6, 6.07) is 0.320. The minimum Gasteiger partial charge on any atom is -0.341 e. The first-order valence-electron chi connectivity index (χ1n) is 9.90. The summed E-state index contributed by atoms with van der Waals surface area (Å²) in [5.74, 6) is 0.0152. The normalized spacial score (nSPS) is 18.5. The van der Waals surface area contributed by atoms with E-state index >= 15 is 0 Å². The molecule has 2 aliphatic carbocycles. The van der Waals surface area contributed by atoms with E-state index in [0.717, 1.165) is 42.3 Å². The minimum atomic E-state index is -0.0419. The lowest BCUT2D eigenvalue weighted by Crippen LogP contribution is -2.41. The number of amides is 1. The second kappa shape index (κ2) is 7.51. The molecule has 2 aliphatic rings. The average molecular weight is 374 g/mol. The summed E-state index contributed by atoms with van der Waals surface area (Å²) >= 11 is 1.66. The molecule has 5 nitrogen and oxygen atoms in total. The SMILES string of the molecule is CN(C(=O)Cn1cnc2sc3c(c2c1=O)CCCCC3)C1CCCCC1. The van der Waals surface area contributed by atoms with Crippen LogP contribution in [-0.4, -0.2) is 33.4 Å². The number of likely N-dealkylation sites (N-methyl/N-ethyl adjacent to an activating group) is 1. The lowest BCUT2D eigenvalue weighted by Gasteiger charge is -2.31. The third-order valence-electron chi connectivity index (χ3n) is 6.01. The lowest BCUT2D eigenvalue weighted by molar-refractivity contribution is -0.133. The summed E-state index contributed by atoms with van der Waals surface area (Å²) in [6.07, 6.45) is 12.9. The number of nitrogens with zero attached hydrogens (tertiary/aromatic N) is 3. The Kier molecular flexibility index (Phi) is 5.11. The van der Waals surface area contributed by atoms with E-state index in [2.05, 4.69) is 4.98 Å². The van der Waals surface area contributed by atoms with Gasteiger partial charge >= 0.3 is 0 Å².